The van der Waals surface area contributed by atoms with Gasteiger partial charge in [0.05, 0.1) is 6.61 Å². The van der Waals surface area contributed by atoms with Crippen LogP contribution in [0.3, 0.4) is 0 Å². The molecule has 4 rings (SSSR count). The van der Waals surface area contributed by atoms with Crippen LogP contribution < -0.4 is 16.0 Å². The first kappa shape index (κ1) is 21.3. The number of halogens is 2. The third-order valence-corrected chi connectivity index (χ3v) is 4.70. The van der Waals surface area contributed by atoms with Crippen LogP contribution in [-0.4, -0.2) is 52.4 Å². The monoisotopic (exact) mass is 446 g/mol. The lowest BCUT2D eigenvalue weighted by atomic mass is 10.1. The van der Waals surface area contributed by atoms with Gasteiger partial charge < -0.3 is 20.1 Å². The first-order valence-corrected chi connectivity index (χ1v) is 9.36. The molecule has 0 bridgehead atoms. The van der Waals surface area contributed by atoms with Gasteiger partial charge in [0.25, 0.3) is 11.8 Å². The summed E-state index contributed by atoms with van der Waals surface area (Å²) in [6.45, 7) is -0.0539. The van der Waals surface area contributed by atoms with Gasteiger partial charge in [0.15, 0.2) is 18.0 Å². The van der Waals surface area contributed by atoms with E-state index in [9.17, 15) is 28.3 Å². The van der Waals surface area contributed by atoms with Crippen LogP contribution in [0, 0.1) is 11.6 Å². The molecule has 0 aliphatic carbocycles. The number of hydrogen-bond acceptors (Lipinski definition) is 7. The van der Waals surface area contributed by atoms with E-state index in [0.29, 0.717) is 11.6 Å². The zero-order valence-corrected chi connectivity index (χ0v) is 16.2. The summed E-state index contributed by atoms with van der Waals surface area (Å²) in [5.74, 6) is -3.98. The molecule has 2 unspecified atom stereocenters. The van der Waals surface area contributed by atoms with Crippen molar-refractivity contribution in [2.45, 2.75) is 12.2 Å². The van der Waals surface area contributed by atoms with Crippen molar-refractivity contribution in [2.24, 2.45) is 0 Å². The van der Waals surface area contributed by atoms with Crippen LogP contribution >= 0.6 is 0 Å². The van der Waals surface area contributed by atoms with E-state index in [1.807, 2.05) is 0 Å². The number of aliphatic hydroxyl groups is 1. The Bertz CT molecular complexity index is 1190. The number of amides is 2. The van der Waals surface area contributed by atoms with Crippen molar-refractivity contribution < 1.29 is 32.7 Å². The van der Waals surface area contributed by atoms with Crippen molar-refractivity contribution in [2.75, 3.05) is 23.4 Å². The number of anilines is 2. The lowest BCUT2D eigenvalue weighted by molar-refractivity contribution is -0.150. The molecule has 3 N–H and O–H groups in total. The number of aliphatic hydroxyl groups excluding tert-OH is 1. The molecule has 12 heteroatoms. The van der Waals surface area contributed by atoms with Crippen molar-refractivity contribution in [3.8, 4) is 11.4 Å². The second kappa shape index (κ2) is 8.69. The number of nitrogens with one attached hydrogen (secondary N) is 2. The summed E-state index contributed by atoms with van der Waals surface area (Å²) in [5, 5.41) is 16.4. The Balaban J connectivity index is 1.44. The third-order valence-electron chi connectivity index (χ3n) is 4.70. The second-order valence-corrected chi connectivity index (χ2v) is 6.86. The predicted molar refractivity (Wildman–Crippen MR) is 106 cm³/mol. The number of hydrogen-bond donors (Lipinski definition) is 3. The maximum absolute atomic E-state index is 13.5. The first-order valence-electron chi connectivity index (χ1n) is 9.36. The highest BCUT2D eigenvalue weighted by Gasteiger charge is 2.39. The summed E-state index contributed by atoms with van der Waals surface area (Å²) in [5.41, 5.74) is 0.754. The molecule has 2 heterocycles. The quantitative estimate of drug-likeness (QED) is 0.532. The SMILES string of the molecule is O=C(Nc1ccc(-c2noc(=O)[nH]2)cc1)C(O)C1OCCN(c2cc(F)cc(F)c2)C1=O. The van der Waals surface area contributed by atoms with E-state index in [0.717, 1.165) is 17.0 Å². The van der Waals surface area contributed by atoms with Gasteiger partial charge in [-0.25, -0.2) is 13.6 Å². The van der Waals surface area contributed by atoms with Crippen LogP contribution in [0.5, 0.6) is 0 Å². The highest BCUT2D eigenvalue weighted by molar-refractivity contribution is 6.03. The minimum absolute atomic E-state index is 0.00182. The second-order valence-electron chi connectivity index (χ2n) is 6.86. The van der Waals surface area contributed by atoms with Gasteiger partial charge in [0.1, 0.15) is 11.6 Å². The number of aromatic amines is 1. The van der Waals surface area contributed by atoms with E-state index in [4.69, 9.17) is 4.74 Å². The van der Waals surface area contributed by atoms with Gasteiger partial charge in [0, 0.05) is 29.5 Å². The Labute approximate surface area is 178 Å². The van der Waals surface area contributed by atoms with Gasteiger partial charge in [-0.05, 0) is 36.4 Å². The summed E-state index contributed by atoms with van der Waals surface area (Å²) in [7, 11) is 0. The Hall–Kier alpha value is -3.90. The van der Waals surface area contributed by atoms with Crippen LogP contribution in [0.2, 0.25) is 0 Å². The van der Waals surface area contributed by atoms with Crippen molar-refractivity contribution in [1.82, 2.24) is 10.1 Å². The van der Waals surface area contributed by atoms with Crippen LogP contribution in [0.4, 0.5) is 20.2 Å². The van der Waals surface area contributed by atoms with Gasteiger partial charge >= 0.3 is 5.76 Å². The Kier molecular flexibility index (Phi) is 5.79. The van der Waals surface area contributed by atoms with E-state index >= 15 is 0 Å². The maximum Gasteiger partial charge on any atom is 0.439 e. The zero-order chi connectivity index (χ0) is 22.8. The number of ether oxygens (including phenoxy) is 1. The van der Waals surface area contributed by atoms with E-state index in [2.05, 4.69) is 20.0 Å². The lowest BCUT2D eigenvalue weighted by Crippen LogP contribution is -2.55. The Morgan fingerprint density at radius 1 is 1.19 bits per heavy atom. The van der Waals surface area contributed by atoms with Gasteiger partial charge in [-0.1, -0.05) is 5.16 Å². The summed E-state index contributed by atoms with van der Waals surface area (Å²) >= 11 is 0. The first-order chi connectivity index (χ1) is 15.3. The number of morpholine rings is 1. The van der Waals surface area contributed by atoms with Crippen LogP contribution in [0.1, 0.15) is 0 Å². The number of nitrogens with zero attached hydrogens (tertiary/aromatic N) is 2. The predicted octanol–water partition coefficient (Wildman–Crippen LogP) is 1.04. The lowest BCUT2D eigenvalue weighted by Gasteiger charge is -2.34. The fourth-order valence-electron chi connectivity index (χ4n) is 3.20. The van der Waals surface area contributed by atoms with Crippen LogP contribution in [-0.2, 0) is 14.3 Å². The van der Waals surface area contributed by atoms with E-state index < -0.39 is 41.4 Å². The highest BCUT2D eigenvalue weighted by Crippen LogP contribution is 2.23. The number of aromatic nitrogens is 2. The molecule has 1 aromatic heterocycles. The molecule has 10 nitrogen and oxygen atoms in total. The summed E-state index contributed by atoms with van der Waals surface area (Å²) in [4.78, 5) is 39.6. The smallest absolute Gasteiger partial charge is 0.380 e. The highest BCUT2D eigenvalue weighted by atomic mass is 19.1. The number of H-pyrrole nitrogens is 1. The topological polar surface area (TPSA) is 138 Å². The molecule has 2 amide bonds. The van der Waals surface area contributed by atoms with Gasteiger partial charge in [-0.2, -0.15) is 0 Å². The van der Waals surface area contributed by atoms with E-state index in [1.54, 1.807) is 0 Å². The molecule has 1 aliphatic heterocycles. The number of benzene rings is 2. The normalized spacial score (nSPS) is 17.3. The number of rotatable bonds is 5. The molecule has 0 radical (unpaired) electrons. The Morgan fingerprint density at radius 3 is 2.50 bits per heavy atom. The summed E-state index contributed by atoms with van der Waals surface area (Å²) in [6, 6.07) is 8.66. The molecule has 1 saturated heterocycles. The average molecular weight is 446 g/mol. The number of carbonyl (C=O) groups is 2. The fraction of sp³-hybridized carbons (Fsp3) is 0.200. The third kappa shape index (κ3) is 4.40. The van der Waals surface area contributed by atoms with Crippen LogP contribution in [0.15, 0.2) is 51.8 Å². The van der Waals surface area contributed by atoms with Crippen LogP contribution in [0.25, 0.3) is 11.4 Å². The molecular formula is C20H16F2N4O6. The molecule has 0 spiro atoms. The van der Waals surface area contributed by atoms with E-state index in [-0.39, 0.29) is 30.4 Å². The van der Waals surface area contributed by atoms with Crippen molar-refractivity contribution in [3.05, 3.63) is 64.6 Å². The molecular weight excluding hydrogens is 430 g/mol. The molecule has 2 atom stereocenters. The summed E-state index contributed by atoms with van der Waals surface area (Å²) < 4.78 is 36.7. The summed E-state index contributed by atoms with van der Waals surface area (Å²) in [6.07, 6.45) is -3.44. The number of carbonyl (C=O) groups excluding carboxylic acids is 2. The van der Waals surface area contributed by atoms with Crippen molar-refractivity contribution in [1.29, 1.82) is 0 Å². The van der Waals surface area contributed by atoms with E-state index in [1.165, 1.54) is 24.3 Å². The molecule has 32 heavy (non-hydrogen) atoms. The maximum atomic E-state index is 13.5. The zero-order valence-electron chi connectivity index (χ0n) is 16.2. The standard InChI is InChI=1S/C20H16F2N4O6/c21-11-7-12(22)9-14(8-11)26-5-6-31-16(19(26)29)15(27)18(28)23-13-3-1-10(2-4-13)17-24-20(30)32-25-17/h1-4,7-9,15-16,27H,5-6H2,(H,23,28)(H,24,25,30). The molecule has 1 aliphatic rings. The van der Waals surface area contributed by atoms with Gasteiger partial charge in [-0.3, -0.25) is 19.1 Å². The van der Waals surface area contributed by atoms with Gasteiger partial charge in [0.2, 0.25) is 0 Å². The molecule has 0 saturated carbocycles. The van der Waals surface area contributed by atoms with Gasteiger partial charge in [-0.15, -0.1) is 0 Å². The Morgan fingerprint density at radius 2 is 1.88 bits per heavy atom. The average Bonchev–Trinajstić information content (AvgIpc) is 3.19. The molecule has 2 aromatic carbocycles. The molecule has 1 fully saturated rings. The minimum Gasteiger partial charge on any atom is -0.380 e. The molecule has 3 aromatic rings. The van der Waals surface area contributed by atoms with Crippen molar-refractivity contribution in [3.63, 3.8) is 0 Å². The van der Waals surface area contributed by atoms with Crippen molar-refractivity contribution >= 4 is 23.2 Å². The fourth-order valence-corrected chi connectivity index (χ4v) is 3.20. The largest absolute Gasteiger partial charge is 0.439 e. The minimum atomic E-state index is -1.88. The molecule has 166 valence electrons.